The topological polar surface area (TPSA) is 64.1 Å². The van der Waals surface area contributed by atoms with Gasteiger partial charge in [0.05, 0.1) is 18.8 Å². The van der Waals surface area contributed by atoms with Crippen molar-refractivity contribution in [3.05, 3.63) is 17.5 Å². The van der Waals surface area contributed by atoms with E-state index in [-0.39, 0.29) is 6.61 Å². The van der Waals surface area contributed by atoms with Crippen LogP contribution in [0.3, 0.4) is 0 Å². The minimum Gasteiger partial charge on any atom is -0.394 e. The van der Waals surface area contributed by atoms with Gasteiger partial charge < -0.3 is 10.8 Å². The molecule has 0 radical (unpaired) electrons. The molecule has 0 atom stereocenters. The number of aliphatic hydroxyl groups excluding tert-OH is 1. The number of nitrogens with zero attached hydrogens (tertiary/aromatic N) is 2. The second kappa shape index (κ2) is 3.50. The minimum atomic E-state index is 0.118. The van der Waals surface area contributed by atoms with Crippen molar-refractivity contribution in [2.75, 3.05) is 6.61 Å². The summed E-state index contributed by atoms with van der Waals surface area (Å²) in [6.45, 7) is 3.07. The number of aryl methyl sites for hydroxylation is 1. The Morgan fingerprint density at radius 2 is 2.45 bits per heavy atom. The molecular formula is C7H13N3O. The number of hydrogen-bond acceptors (Lipinski definition) is 3. The van der Waals surface area contributed by atoms with Gasteiger partial charge in [0.25, 0.3) is 0 Å². The number of aliphatic hydroxyl groups is 1. The Balaban J connectivity index is 2.79. The van der Waals surface area contributed by atoms with E-state index in [4.69, 9.17) is 10.8 Å². The molecule has 4 heteroatoms. The van der Waals surface area contributed by atoms with E-state index < -0.39 is 0 Å². The third-order valence-corrected chi connectivity index (χ3v) is 1.55. The normalized spacial score (nSPS) is 10.5. The largest absolute Gasteiger partial charge is 0.394 e. The first-order chi connectivity index (χ1) is 5.27. The van der Waals surface area contributed by atoms with E-state index in [0.29, 0.717) is 13.1 Å². The molecule has 0 amide bonds. The summed E-state index contributed by atoms with van der Waals surface area (Å²) in [6, 6.07) is 1.93. The van der Waals surface area contributed by atoms with E-state index in [1.807, 2.05) is 13.0 Å². The summed E-state index contributed by atoms with van der Waals surface area (Å²) >= 11 is 0. The van der Waals surface area contributed by atoms with Gasteiger partial charge in [-0.1, -0.05) is 0 Å². The van der Waals surface area contributed by atoms with Crippen molar-refractivity contribution in [2.45, 2.75) is 20.0 Å². The summed E-state index contributed by atoms with van der Waals surface area (Å²) in [5.74, 6) is 0. The summed E-state index contributed by atoms with van der Waals surface area (Å²) in [6.07, 6.45) is 0. The van der Waals surface area contributed by atoms with Gasteiger partial charge in [0, 0.05) is 12.2 Å². The smallest absolute Gasteiger partial charge is 0.0763 e. The highest BCUT2D eigenvalue weighted by molar-refractivity contribution is 5.08. The van der Waals surface area contributed by atoms with Crippen molar-refractivity contribution < 1.29 is 5.11 Å². The molecule has 0 aliphatic rings. The highest BCUT2D eigenvalue weighted by atomic mass is 16.3. The molecular weight excluding hydrogens is 142 g/mol. The Hall–Kier alpha value is -0.870. The van der Waals surface area contributed by atoms with Crippen LogP contribution in [0.1, 0.15) is 11.4 Å². The van der Waals surface area contributed by atoms with Crippen molar-refractivity contribution >= 4 is 0 Å². The maximum absolute atomic E-state index is 8.63. The van der Waals surface area contributed by atoms with E-state index in [9.17, 15) is 0 Å². The van der Waals surface area contributed by atoms with Gasteiger partial charge in [0.15, 0.2) is 0 Å². The Morgan fingerprint density at radius 3 is 2.91 bits per heavy atom. The summed E-state index contributed by atoms with van der Waals surface area (Å²) in [4.78, 5) is 0. The van der Waals surface area contributed by atoms with E-state index in [1.165, 1.54) is 0 Å². The molecule has 4 nitrogen and oxygen atoms in total. The van der Waals surface area contributed by atoms with Crippen molar-refractivity contribution in [1.29, 1.82) is 0 Å². The fraction of sp³-hybridized carbons (Fsp3) is 0.571. The van der Waals surface area contributed by atoms with Crippen molar-refractivity contribution in [1.82, 2.24) is 9.78 Å². The lowest BCUT2D eigenvalue weighted by Gasteiger charge is -1.98. The van der Waals surface area contributed by atoms with Crippen LogP contribution in [0.4, 0.5) is 0 Å². The monoisotopic (exact) mass is 155 g/mol. The Kier molecular flexibility index (Phi) is 2.62. The SMILES string of the molecule is Cc1cc(CN)nn1CCO. The molecule has 11 heavy (non-hydrogen) atoms. The summed E-state index contributed by atoms with van der Waals surface area (Å²) in [5, 5.41) is 12.8. The van der Waals surface area contributed by atoms with E-state index in [1.54, 1.807) is 4.68 Å². The molecule has 0 saturated carbocycles. The Bertz CT molecular complexity index is 232. The zero-order chi connectivity index (χ0) is 8.27. The minimum absolute atomic E-state index is 0.118. The molecule has 62 valence electrons. The second-order valence-corrected chi connectivity index (χ2v) is 2.43. The van der Waals surface area contributed by atoms with Crippen LogP contribution in [0.2, 0.25) is 0 Å². The van der Waals surface area contributed by atoms with E-state index in [0.717, 1.165) is 11.4 Å². The first kappa shape index (κ1) is 8.23. The molecule has 0 bridgehead atoms. The number of nitrogens with two attached hydrogens (primary N) is 1. The predicted octanol–water partition coefficient (Wildman–Crippen LogP) is -0.357. The van der Waals surface area contributed by atoms with E-state index in [2.05, 4.69) is 5.10 Å². The molecule has 0 aliphatic carbocycles. The third-order valence-electron chi connectivity index (χ3n) is 1.55. The lowest BCUT2D eigenvalue weighted by Crippen LogP contribution is -2.06. The third kappa shape index (κ3) is 1.78. The molecule has 1 heterocycles. The predicted molar refractivity (Wildman–Crippen MR) is 41.9 cm³/mol. The zero-order valence-electron chi connectivity index (χ0n) is 6.62. The number of hydrogen-bond donors (Lipinski definition) is 2. The summed E-state index contributed by atoms with van der Waals surface area (Å²) in [7, 11) is 0. The summed E-state index contributed by atoms with van der Waals surface area (Å²) in [5.41, 5.74) is 7.30. The fourth-order valence-electron chi connectivity index (χ4n) is 0.999. The standard InChI is InChI=1S/C7H13N3O/c1-6-4-7(5-8)9-10(6)2-3-11/h4,11H,2-3,5,8H2,1H3. The maximum Gasteiger partial charge on any atom is 0.0763 e. The molecule has 3 N–H and O–H groups in total. The van der Waals surface area contributed by atoms with Gasteiger partial charge in [-0.15, -0.1) is 0 Å². The van der Waals surface area contributed by atoms with Crippen LogP contribution in [0.15, 0.2) is 6.07 Å². The second-order valence-electron chi connectivity index (χ2n) is 2.43. The molecule has 1 rings (SSSR count). The van der Waals surface area contributed by atoms with Gasteiger partial charge in [-0.25, -0.2) is 0 Å². The highest BCUT2D eigenvalue weighted by Crippen LogP contribution is 2.01. The first-order valence-electron chi connectivity index (χ1n) is 3.62. The van der Waals surface area contributed by atoms with Crippen molar-refractivity contribution in [3.63, 3.8) is 0 Å². The van der Waals surface area contributed by atoms with Crippen LogP contribution < -0.4 is 5.73 Å². The van der Waals surface area contributed by atoms with Crippen LogP contribution in [0.5, 0.6) is 0 Å². The quantitative estimate of drug-likeness (QED) is 0.626. The number of aromatic nitrogens is 2. The lowest BCUT2D eigenvalue weighted by atomic mass is 10.4. The molecule has 0 saturated heterocycles. The fourth-order valence-corrected chi connectivity index (χ4v) is 0.999. The van der Waals surface area contributed by atoms with Gasteiger partial charge in [-0.3, -0.25) is 4.68 Å². The lowest BCUT2D eigenvalue weighted by molar-refractivity contribution is 0.267. The Morgan fingerprint density at radius 1 is 1.73 bits per heavy atom. The van der Waals surface area contributed by atoms with Gasteiger partial charge in [-0.05, 0) is 13.0 Å². The van der Waals surface area contributed by atoms with Gasteiger partial charge in [0.2, 0.25) is 0 Å². The average Bonchev–Trinajstić information content (AvgIpc) is 2.33. The van der Waals surface area contributed by atoms with Gasteiger partial charge in [0.1, 0.15) is 0 Å². The van der Waals surface area contributed by atoms with Gasteiger partial charge >= 0.3 is 0 Å². The van der Waals surface area contributed by atoms with E-state index >= 15 is 0 Å². The molecule has 0 aliphatic heterocycles. The summed E-state index contributed by atoms with van der Waals surface area (Å²) < 4.78 is 1.75. The van der Waals surface area contributed by atoms with Crippen LogP contribution in [-0.4, -0.2) is 21.5 Å². The zero-order valence-corrected chi connectivity index (χ0v) is 6.62. The van der Waals surface area contributed by atoms with Gasteiger partial charge in [-0.2, -0.15) is 5.10 Å². The van der Waals surface area contributed by atoms with Crippen LogP contribution in [-0.2, 0) is 13.1 Å². The average molecular weight is 155 g/mol. The van der Waals surface area contributed by atoms with Crippen LogP contribution in [0, 0.1) is 6.92 Å². The molecule has 0 aromatic carbocycles. The number of rotatable bonds is 3. The molecule has 1 aromatic heterocycles. The van der Waals surface area contributed by atoms with Crippen LogP contribution in [0.25, 0.3) is 0 Å². The molecule has 0 spiro atoms. The first-order valence-corrected chi connectivity index (χ1v) is 3.62. The maximum atomic E-state index is 8.63. The van der Waals surface area contributed by atoms with Crippen LogP contribution >= 0.6 is 0 Å². The highest BCUT2D eigenvalue weighted by Gasteiger charge is 2.00. The molecule has 0 fully saturated rings. The molecule has 0 unspecified atom stereocenters. The van der Waals surface area contributed by atoms with Crippen molar-refractivity contribution in [2.24, 2.45) is 5.73 Å². The Labute approximate surface area is 65.6 Å². The molecule has 1 aromatic rings. The van der Waals surface area contributed by atoms with Crippen molar-refractivity contribution in [3.8, 4) is 0 Å².